The lowest BCUT2D eigenvalue weighted by molar-refractivity contribution is -0.120. The first-order valence-corrected chi connectivity index (χ1v) is 13.3. The van der Waals surface area contributed by atoms with Crippen LogP contribution in [0.25, 0.3) is 0 Å². The number of nitrogens with zero attached hydrogens (tertiary/aromatic N) is 1. The third-order valence-corrected chi connectivity index (χ3v) is 7.78. The van der Waals surface area contributed by atoms with Crippen molar-refractivity contribution >= 4 is 21.6 Å². The monoisotopic (exact) mass is 494 g/mol. The molecule has 0 aliphatic heterocycles. The minimum atomic E-state index is -4.03. The van der Waals surface area contributed by atoms with Crippen molar-refractivity contribution in [2.45, 2.75) is 52.0 Å². The van der Waals surface area contributed by atoms with Crippen LogP contribution in [0.4, 0.5) is 5.69 Å². The smallest absolute Gasteiger partial charge is 0.264 e. The quantitative estimate of drug-likeness (QED) is 0.405. The topological polar surface area (TPSA) is 75.7 Å². The summed E-state index contributed by atoms with van der Waals surface area (Å²) in [4.78, 5) is 13.4. The number of nitrogens with one attached hydrogen (secondary N) is 1. The summed E-state index contributed by atoms with van der Waals surface area (Å²) in [5.41, 5.74) is 4.58. The maximum atomic E-state index is 13.7. The molecule has 3 aromatic rings. The number of carbonyl (C=O) groups is 1. The lowest BCUT2D eigenvalue weighted by atomic mass is 9.99. The van der Waals surface area contributed by atoms with Crippen molar-refractivity contribution in [2.24, 2.45) is 0 Å². The van der Waals surface area contributed by atoms with Crippen LogP contribution in [-0.2, 0) is 14.8 Å². The van der Waals surface area contributed by atoms with E-state index in [-0.39, 0.29) is 17.5 Å². The molecule has 7 heteroatoms. The number of rotatable bonds is 10. The summed E-state index contributed by atoms with van der Waals surface area (Å²) in [5.74, 6) is 0.0109. The number of benzene rings is 3. The summed E-state index contributed by atoms with van der Waals surface area (Å²) >= 11 is 0. The number of amides is 1. The van der Waals surface area contributed by atoms with Gasteiger partial charge in [-0.3, -0.25) is 9.10 Å². The van der Waals surface area contributed by atoms with Crippen molar-refractivity contribution in [3.8, 4) is 5.75 Å². The molecule has 1 N–H and O–H groups in total. The van der Waals surface area contributed by atoms with Crippen LogP contribution in [0.1, 0.15) is 48.6 Å². The van der Waals surface area contributed by atoms with Crippen LogP contribution >= 0.6 is 0 Å². The number of sulfonamides is 1. The number of hydrogen-bond acceptors (Lipinski definition) is 4. The zero-order valence-electron chi connectivity index (χ0n) is 21.0. The first-order valence-electron chi connectivity index (χ1n) is 11.8. The van der Waals surface area contributed by atoms with E-state index in [1.54, 1.807) is 48.5 Å². The van der Waals surface area contributed by atoms with Crippen molar-refractivity contribution in [1.82, 2.24) is 5.32 Å². The van der Waals surface area contributed by atoms with E-state index in [0.29, 0.717) is 24.5 Å². The molecule has 1 amide bonds. The first-order chi connectivity index (χ1) is 16.7. The van der Waals surface area contributed by atoms with E-state index in [1.807, 2.05) is 46.8 Å². The van der Waals surface area contributed by atoms with Gasteiger partial charge in [-0.2, -0.15) is 0 Å². The summed E-state index contributed by atoms with van der Waals surface area (Å²) in [6, 6.07) is 19.3. The summed E-state index contributed by atoms with van der Waals surface area (Å²) in [6.45, 7) is 9.79. The zero-order chi connectivity index (χ0) is 25.6. The minimum Gasteiger partial charge on any atom is -0.492 e. The Balaban J connectivity index is 1.97. The fourth-order valence-electron chi connectivity index (χ4n) is 3.85. The molecule has 3 rings (SSSR count). The number of hydrogen-bond donors (Lipinski definition) is 1. The van der Waals surface area contributed by atoms with Gasteiger partial charge >= 0.3 is 0 Å². The van der Waals surface area contributed by atoms with Crippen LogP contribution in [0.5, 0.6) is 5.75 Å². The predicted octanol–water partition coefficient (Wildman–Crippen LogP) is 5.47. The molecule has 0 fully saturated rings. The average Bonchev–Trinajstić information content (AvgIpc) is 2.84. The van der Waals surface area contributed by atoms with Gasteiger partial charge in [-0.1, -0.05) is 55.0 Å². The summed E-state index contributed by atoms with van der Waals surface area (Å²) in [6.07, 6.45) is 0.675. The molecule has 1 atom stereocenters. The van der Waals surface area contributed by atoms with Gasteiger partial charge in [0.1, 0.15) is 12.3 Å². The Morgan fingerprint density at radius 2 is 1.63 bits per heavy atom. The molecule has 0 heterocycles. The Bertz CT molecular complexity index is 1270. The van der Waals surface area contributed by atoms with E-state index >= 15 is 0 Å². The second kappa shape index (κ2) is 11.4. The van der Waals surface area contributed by atoms with E-state index < -0.39 is 15.9 Å². The van der Waals surface area contributed by atoms with E-state index in [9.17, 15) is 13.2 Å². The number of ether oxygens (including phenoxy) is 1. The summed E-state index contributed by atoms with van der Waals surface area (Å²) in [5, 5.41) is 3.03. The van der Waals surface area contributed by atoms with Gasteiger partial charge in [0.2, 0.25) is 5.91 Å². The van der Waals surface area contributed by atoms with Crippen molar-refractivity contribution in [1.29, 1.82) is 0 Å². The van der Waals surface area contributed by atoms with Gasteiger partial charge < -0.3 is 10.1 Å². The average molecular weight is 495 g/mol. The van der Waals surface area contributed by atoms with Gasteiger partial charge in [0, 0.05) is 0 Å². The van der Waals surface area contributed by atoms with Crippen molar-refractivity contribution in [3.63, 3.8) is 0 Å². The van der Waals surface area contributed by atoms with Crippen LogP contribution in [0.2, 0.25) is 0 Å². The van der Waals surface area contributed by atoms with Gasteiger partial charge in [0.25, 0.3) is 10.0 Å². The van der Waals surface area contributed by atoms with E-state index in [2.05, 4.69) is 11.4 Å². The van der Waals surface area contributed by atoms with E-state index in [4.69, 9.17) is 4.74 Å². The van der Waals surface area contributed by atoms with E-state index in [0.717, 1.165) is 21.0 Å². The zero-order valence-corrected chi connectivity index (χ0v) is 21.9. The highest BCUT2D eigenvalue weighted by atomic mass is 32.2. The molecule has 0 radical (unpaired) electrons. The number of aryl methyl sites for hydroxylation is 3. The minimum absolute atomic E-state index is 0.114. The van der Waals surface area contributed by atoms with Gasteiger partial charge in [-0.25, -0.2) is 8.42 Å². The van der Waals surface area contributed by atoms with Gasteiger partial charge in [-0.05, 0) is 75.1 Å². The molecule has 0 aromatic heterocycles. The van der Waals surface area contributed by atoms with Crippen molar-refractivity contribution in [3.05, 3.63) is 89.0 Å². The maximum absolute atomic E-state index is 13.7. The Morgan fingerprint density at radius 3 is 2.26 bits per heavy atom. The van der Waals surface area contributed by atoms with Gasteiger partial charge in [0.15, 0.2) is 0 Å². The highest BCUT2D eigenvalue weighted by Gasteiger charge is 2.30. The highest BCUT2D eigenvalue weighted by molar-refractivity contribution is 7.92. The summed E-state index contributed by atoms with van der Waals surface area (Å²) in [7, 11) is -4.03. The Morgan fingerprint density at radius 1 is 0.943 bits per heavy atom. The van der Waals surface area contributed by atoms with Crippen LogP contribution < -0.4 is 14.4 Å². The Labute approximate surface area is 209 Å². The van der Waals surface area contributed by atoms with Crippen LogP contribution in [0, 0.1) is 20.8 Å². The molecule has 0 saturated heterocycles. The molecular formula is C28H34N2O4S. The lowest BCUT2D eigenvalue weighted by Gasteiger charge is -2.27. The largest absolute Gasteiger partial charge is 0.492 e. The fourth-order valence-corrected chi connectivity index (χ4v) is 5.28. The van der Waals surface area contributed by atoms with Crippen molar-refractivity contribution in [2.75, 3.05) is 17.5 Å². The van der Waals surface area contributed by atoms with Crippen LogP contribution in [0.15, 0.2) is 71.6 Å². The molecule has 186 valence electrons. The fraction of sp³-hybridized carbons (Fsp3) is 0.321. The molecule has 0 aliphatic carbocycles. The molecule has 0 bridgehead atoms. The standard InChI is InChI=1S/C28H34N2O4S/c1-6-25(23-15-14-21(4)22(5)18-23)29-28(31)19-30(26-10-8-9-11-27(26)34-7-2)35(32,33)24-16-12-20(3)13-17-24/h8-18,25H,6-7,19H2,1-5H3,(H,29,31). The molecular weight excluding hydrogens is 460 g/mol. The SMILES string of the molecule is CCOc1ccccc1N(CC(=O)NC(CC)c1ccc(C)c(C)c1)S(=O)(=O)c1ccc(C)cc1. The Hall–Kier alpha value is -3.32. The summed E-state index contributed by atoms with van der Waals surface area (Å²) < 4.78 is 34.3. The third-order valence-electron chi connectivity index (χ3n) is 6.01. The number of anilines is 1. The second-order valence-corrected chi connectivity index (χ2v) is 10.5. The number of para-hydroxylation sites is 2. The van der Waals surface area contributed by atoms with Crippen LogP contribution in [0.3, 0.4) is 0 Å². The molecule has 0 spiro atoms. The molecule has 1 unspecified atom stereocenters. The van der Waals surface area contributed by atoms with E-state index in [1.165, 1.54) is 5.56 Å². The normalized spacial score (nSPS) is 12.1. The predicted molar refractivity (Wildman–Crippen MR) is 140 cm³/mol. The molecule has 0 saturated carbocycles. The third kappa shape index (κ3) is 6.22. The first kappa shape index (κ1) is 26.3. The van der Waals surface area contributed by atoms with Gasteiger partial charge in [-0.15, -0.1) is 0 Å². The van der Waals surface area contributed by atoms with Gasteiger partial charge in [0.05, 0.1) is 23.2 Å². The highest BCUT2D eigenvalue weighted by Crippen LogP contribution is 2.32. The maximum Gasteiger partial charge on any atom is 0.264 e. The Kier molecular flexibility index (Phi) is 8.57. The van der Waals surface area contributed by atoms with Crippen LogP contribution in [-0.4, -0.2) is 27.5 Å². The molecule has 35 heavy (non-hydrogen) atoms. The molecule has 6 nitrogen and oxygen atoms in total. The second-order valence-electron chi connectivity index (χ2n) is 8.60. The number of carbonyl (C=O) groups excluding carboxylic acids is 1. The molecule has 3 aromatic carbocycles. The lowest BCUT2D eigenvalue weighted by Crippen LogP contribution is -2.42. The van der Waals surface area contributed by atoms with Crippen molar-refractivity contribution < 1.29 is 17.9 Å². The molecule has 0 aliphatic rings.